The molecule has 6 nitrogen and oxygen atoms in total. The van der Waals surface area contributed by atoms with E-state index >= 15 is 0 Å². The molecule has 0 fully saturated rings. The molecule has 0 aliphatic rings. The third-order valence-corrected chi connectivity index (χ3v) is 2.70. The number of nitrogens with one attached hydrogen (secondary N) is 2. The van der Waals surface area contributed by atoms with Gasteiger partial charge in [0, 0.05) is 19.2 Å². The summed E-state index contributed by atoms with van der Waals surface area (Å²) in [7, 11) is 1.29. The number of esters is 1. The first-order valence-electron chi connectivity index (χ1n) is 6.88. The first-order valence-corrected chi connectivity index (χ1v) is 6.88. The topological polar surface area (TPSA) is 76.7 Å². The third kappa shape index (κ3) is 6.16. The van der Waals surface area contributed by atoms with Crippen LogP contribution in [-0.2, 0) is 14.3 Å². The van der Waals surface area contributed by atoms with Gasteiger partial charge in [-0.1, -0.05) is 6.92 Å². The molecule has 0 radical (unpaired) electrons. The lowest BCUT2D eigenvalue weighted by molar-refractivity contribution is -0.144. The SMILES string of the molecule is CCCOc1ccc(NCC(NC(C)=O)C(=O)OC)cc1. The molecule has 1 atom stereocenters. The second-order valence-corrected chi connectivity index (χ2v) is 4.53. The van der Waals surface area contributed by atoms with Crippen LogP contribution in [0.1, 0.15) is 20.3 Å². The monoisotopic (exact) mass is 294 g/mol. The van der Waals surface area contributed by atoms with Crippen LogP contribution in [0, 0.1) is 0 Å². The van der Waals surface area contributed by atoms with Crippen LogP contribution in [0.2, 0.25) is 0 Å². The Hall–Kier alpha value is -2.24. The number of ether oxygens (including phenoxy) is 2. The van der Waals surface area contributed by atoms with Crippen molar-refractivity contribution in [2.45, 2.75) is 26.3 Å². The molecule has 1 amide bonds. The van der Waals surface area contributed by atoms with Gasteiger partial charge in [0.2, 0.25) is 5.91 Å². The Morgan fingerprint density at radius 2 is 1.90 bits per heavy atom. The highest BCUT2D eigenvalue weighted by molar-refractivity contribution is 5.83. The number of benzene rings is 1. The van der Waals surface area contributed by atoms with Gasteiger partial charge in [-0.25, -0.2) is 4.79 Å². The van der Waals surface area contributed by atoms with E-state index in [0.29, 0.717) is 6.61 Å². The summed E-state index contributed by atoms with van der Waals surface area (Å²) in [6, 6.07) is 6.69. The smallest absolute Gasteiger partial charge is 0.330 e. The van der Waals surface area contributed by atoms with Crippen molar-refractivity contribution in [3.05, 3.63) is 24.3 Å². The van der Waals surface area contributed by atoms with Gasteiger partial charge in [0.05, 0.1) is 13.7 Å². The molecule has 1 unspecified atom stereocenters. The molecule has 0 aromatic heterocycles. The van der Waals surface area contributed by atoms with Crippen LogP contribution >= 0.6 is 0 Å². The number of methoxy groups -OCH3 is 1. The van der Waals surface area contributed by atoms with Gasteiger partial charge in [0.15, 0.2) is 0 Å². The molecule has 2 N–H and O–H groups in total. The molecule has 6 heteroatoms. The van der Waals surface area contributed by atoms with Crippen molar-refractivity contribution in [2.75, 3.05) is 25.6 Å². The lowest BCUT2D eigenvalue weighted by atomic mass is 10.2. The van der Waals surface area contributed by atoms with E-state index < -0.39 is 12.0 Å². The number of carbonyl (C=O) groups excluding carboxylic acids is 2. The van der Waals surface area contributed by atoms with Crippen LogP contribution in [0.4, 0.5) is 5.69 Å². The van der Waals surface area contributed by atoms with Crippen molar-refractivity contribution < 1.29 is 19.1 Å². The highest BCUT2D eigenvalue weighted by Crippen LogP contribution is 2.15. The Morgan fingerprint density at radius 3 is 2.43 bits per heavy atom. The molecule has 1 rings (SSSR count). The predicted molar refractivity (Wildman–Crippen MR) is 80.3 cm³/mol. The minimum absolute atomic E-state index is 0.251. The van der Waals surface area contributed by atoms with E-state index in [-0.39, 0.29) is 12.5 Å². The van der Waals surface area contributed by atoms with E-state index in [4.69, 9.17) is 4.74 Å². The first kappa shape index (κ1) is 16.8. The van der Waals surface area contributed by atoms with E-state index in [0.717, 1.165) is 17.9 Å². The fourth-order valence-corrected chi connectivity index (χ4v) is 1.69. The van der Waals surface area contributed by atoms with Crippen molar-refractivity contribution in [3.8, 4) is 5.75 Å². The largest absolute Gasteiger partial charge is 0.494 e. The van der Waals surface area contributed by atoms with E-state index in [1.807, 2.05) is 31.2 Å². The van der Waals surface area contributed by atoms with E-state index in [2.05, 4.69) is 15.4 Å². The summed E-state index contributed by atoms with van der Waals surface area (Å²) in [5.74, 6) is 0.0323. The van der Waals surface area contributed by atoms with Gasteiger partial charge in [0.25, 0.3) is 0 Å². The summed E-state index contributed by atoms with van der Waals surface area (Å²) < 4.78 is 10.1. The average Bonchev–Trinajstić information content (AvgIpc) is 2.49. The number of hydrogen-bond acceptors (Lipinski definition) is 5. The van der Waals surface area contributed by atoms with Gasteiger partial charge in [0.1, 0.15) is 11.8 Å². The highest BCUT2D eigenvalue weighted by Gasteiger charge is 2.19. The number of carbonyl (C=O) groups is 2. The van der Waals surface area contributed by atoms with Crippen LogP contribution in [0.5, 0.6) is 5.75 Å². The van der Waals surface area contributed by atoms with Crippen molar-refractivity contribution in [3.63, 3.8) is 0 Å². The second-order valence-electron chi connectivity index (χ2n) is 4.53. The Bertz CT molecular complexity index is 459. The van der Waals surface area contributed by atoms with Gasteiger partial charge in [-0.2, -0.15) is 0 Å². The maximum Gasteiger partial charge on any atom is 0.330 e. The molecule has 1 aromatic carbocycles. The van der Waals surface area contributed by atoms with Gasteiger partial charge in [-0.15, -0.1) is 0 Å². The fraction of sp³-hybridized carbons (Fsp3) is 0.467. The Kier molecular flexibility index (Phi) is 7.08. The van der Waals surface area contributed by atoms with Gasteiger partial charge < -0.3 is 20.1 Å². The summed E-state index contributed by atoms with van der Waals surface area (Å²) in [5.41, 5.74) is 0.832. The fourth-order valence-electron chi connectivity index (χ4n) is 1.69. The maximum absolute atomic E-state index is 11.5. The lowest BCUT2D eigenvalue weighted by Gasteiger charge is -2.17. The zero-order valence-corrected chi connectivity index (χ0v) is 12.6. The molecule has 0 bridgehead atoms. The molecule has 1 aromatic rings. The summed E-state index contributed by atoms with van der Waals surface area (Å²) in [6.45, 7) is 4.34. The molecule has 0 saturated carbocycles. The Labute approximate surface area is 124 Å². The lowest BCUT2D eigenvalue weighted by Crippen LogP contribution is -2.45. The van der Waals surface area contributed by atoms with Crippen LogP contribution < -0.4 is 15.4 Å². The van der Waals surface area contributed by atoms with E-state index in [1.54, 1.807) is 0 Å². The number of anilines is 1. The summed E-state index contributed by atoms with van der Waals surface area (Å²) in [6.07, 6.45) is 0.956. The molecular formula is C15H22N2O4. The molecule has 21 heavy (non-hydrogen) atoms. The van der Waals surface area contributed by atoms with Crippen molar-refractivity contribution in [1.82, 2.24) is 5.32 Å². The summed E-state index contributed by atoms with van der Waals surface area (Å²) in [5, 5.41) is 5.62. The first-order chi connectivity index (χ1) is 10.1. The van der Waals surface area contributed by atoms with Crippen LogP contribution in [0.3, 0.4) is 0 Å². The Morgan fingerprint density at radius 1 is 1.24 bits per heavy atom. The molecule has 0 heterocycles. The predicted octanol–water partition coefficient (Wildman–Crippen LogP) is 1.56. The summed E-state index contributed by atoms with van der Waals surface area (Å²) in [4.78, 5) is 22.6. The normalized spacial score (nSPS) is 11.4. The van der Waals surface area contributed by atoms with E-state index in [9.17, 15) is 9.59 Å². The van der Waals surface area contributed by atoms with Gasteiger partial charge in [-0.05, 0) is 30.7 Å². The minimum Gasteiger partial charge on any atom is -0.494 e. The third-order valence-electron chi connectivity index (χ3n) is 2.70. The van der Waals surface area contributed by atoms with Gasteiger partial charge in [-0.3, -0.25) is 4.79 Å². The zero-order valence-electron chi connectivity index (χ0n) is 12.6. The molecule has 0 aliphatic carbocycles. The highest BCUT2D eigenvalue weighted by atomic mass is 16.5. The van der Waals surface area contributed by atoms with E-state index in [1.165, 1.54) is 14.0 Å². The molecule has 0 aliphatic heterocycles. The van der Waals surface area contributed by atoms with Crippen LogP contribution in [0.15, 0.2) is 24.3 Å². The summed E-state index contributed by atoms with van der Waals surface area (Å²) >= 11 is 0. The zero-order chi connectivity index (χ0) is 15.7. The molecule has 116 valence electrons. The van der Waals surface area contributed by atoms with Crippen molar-refractivity contribution in [1.29, 1.82) is 0 Å². The van der Waals surface area contributed by atoms with Crippen molar-refractivity contribution in [2.24, 2.45) is 0 Å². The van der Waals surface area contributed by atoms with Crippen LogP contribution in [0.25, 0.3) is 0 Å². The van der Waals surface area contributed by atoms with Crippen molar-refractivity contribution >= 4 is 17.6 Å². The number of rotatable bonds is 8. The maximum atomic E-state index is 11.5. The number of hydrogen-bond donors (Lipinski definition) is 2. The van der Waals surface area contributed by atoms with Crippen LogP contribution in [-0.4, -0.2) is 38.2 Å². The van der Waals surface area contributed by atoms with Gasteiger partial charge >= 0.3 is 5.97 Å². The molecule has 0 spiro atoms. The Balaban J connectivity index is 2.54. The molecule has 0 saturated heterocycles. The number of amides is 1. The minimum atomic E-state index is -0.719. The molecular weight excluding hydrogens is 272 g/mol. The standard InChI is InChI=1S/C15H22N2O4/c1-4-9-21-13-7-5-12(6-8-13)16-10-14(15(19)20-3)17-11(2)18/h5-8,14,16H,4,9-10H2,1-3H3,(H,17,18). The quantitative estimate of drug-likeness (QED) is 0.712. The second kappa shape index (κ2) is 8.84. The average molecular weight is 294 g/mol.